The van der Waals surface area contributed by atoms with Crippen molar-refractivity contribution in [1.29, 1.82) is 5.41 Å². The molecule has 0 radical (unpaired) electrons. The SMILES string of the molecule is N=CC1CC2CC2C1. The van der Waals surface area contributed by atoms with E-state index in [0.29, 0.717) is 5.92 Å². The fourth-order valence-electron chi connectivity index (χ4n) is 1.90. The third-order valence-electron chi connectivity index (χ3n) is 2.52. The van der Waals surface area contributed by atoms with E-state index in [-0.39, 0.29) is 0 Å². The third-order valence-corrected chi connectivity index (χ3v) is 2.52. The Morgan fingerprint density at radius 3 is 2.12 bits per heavy atom. The summed E-state index contributed by atoms with van der Waals surface area (Å²) in [5.41, 5.74) is 0. The lowest BCUT2D eigenvalue weighted by molar-refractivity contribution is 0.633. The van der Waals surface area contributed by atoms with Gasteiger partial charge in [-0.15, -0.1) is 0 Å². The van der Waals surface area contributed by atoms with Gasteiger partial charge in [-0.1, -0.05) is 0 Å². The van der Waals surface area contributed by atoms with Gasteiger partial charge in [-0.05, 0) is 43.2 Å². The van der Waals surface area contributed by atoms with Crippen molar-refractivity contribution >= 4 is 6.21 Å². The number of hydrogen-bond acceptors (Lipinski definition) is 1. The standard InChI is InChI=1S/C7H11N/c8-4-5-1-6-3-7(6)2-5/h4-8H,1-3H2. The summed E-state index contributed by atoms with van der Waals surface area (Å²) in [4.78, 5) is 0. The molecule has 2 aliphatic rings. The quantitative estimate of drug-likeness (QED) is 0.495. The summed E-state index contributed by atoms with van der Waals surface area (Å²) in [5, 5.41) is 6.99. The molecule has 1 heteroatoms. The van der Waals surface area contributed by atoms with Crippen LogP contribution in [-0.2, 0) is 0 Å². The molecule has 0 aliphatic heterocycles. The van der Waals surface area contributed by atoms with E-state index in [0.717, 1.165) is 11.8 Å². The van der Waals surface area contributed by atoms with E-state index < -0.39 is 0 Å². The third kappa shape index (κ3) is 0.504. The average molecular weight is 109 g/mol. The van der Waals surface area contributed by atoms with E-state index in [1.165, 1.54) is 19.3 Å². The molecular formula is C7H11N. The van der Waals surface area contributed by atoms with E-state index >= 15 is 0 Å². The normalized spacial score (nSPS) is 50.8. The predicted molar refractivity (Wildman–Crippen MR) is 33.1 cm³/mol. The van der Waals surface area contributed by atoms with E-state index in [4.69, 9.17) is 5.41 Å². The van der Waals surface area contributed by atoms with Gasteiger partial charge in [0.25, 0.3) is 0 Å². The van der Waals surface area contributed by atoms with Crippen molar-refractivity contribution in [2.45, 2.75) is 19.3 Å². The lowest BCUT2D eigenvalue weighted by Crippen LogP contribution is -1.95. The van der Waals surface area contributed by atoms with Crippen molar-refractivity contribution in [2.24, 2.45) is 17.8 Å². The zero-order chi connectivity index (χ0) is 5.56. The van der Waals surface area contributed by atoms with Crippen LogP contribution in [0.25, 0.3) is 0 Å². The van der Waals surface area contributed by atoms with E-state index in [1.807, 2.05) is 0 Å². The number of rotatable bonds is 1. The lowest BCUT2D eigenvalue weighted by atomic mass is 10.1. The Labute approximate surface area is 49.6 Å². The van der Waals surface area contributed by atoms with Gasteiger partial charge in [-0.25, -0.2) is 0 Å². The Kier molecular flexibility index (Phi) is 0.758. The average Bonchev–Trinajstić information content (AvgIpc) is 2.40. The van der Waals surface area contributed by atoms with Gasteiger partial charge >= 0.3 is 0 Å². The minimum absolute atomic E-state index is 0.666. The van der Waals surface area contributed by atoms with Crippen LogP contribution in [0.2, 0.25) is 0 Å². The molecule has 2 aliphatic carbocycles. The molecule has 0 aromatic heterocycles. The highest BCUT2D eigenvalue weighted by molar-refractivity contribution is 5.57. The summed E-state index contributed by atoms with van der Waals surface area (Å²) < 4.78 is 0. The first-order valence-corrected chi connectivity index (χ1v) is 3.40. The topological polar surface area (TPSA) is 23.9 Å². The van der Waals surface area contributed by atoms with Crippen LogP contribution in [0.5, 0.6) is 0 Å². The van der Waals surface area contributed by atoms with Crippen LogP contribution < -0.4 is 0 Å². The molecule has 8 heavy (non-hydrogen) atoms. The molecule has 0 amide bonds. The molecular weight excluding hydrogens is 98.1 g/mol. The number of hydrogen-bond donors (Lipinski definition) is 1. The second kappa shape index (κ2) is 1.34. The van der Waals surface area contributed by atoms with Crippen LogP contribution in [0.1, 0.15) is 19.3 Å². The molecule has 0 aromatic carbocycles. The maximum atomic E-state index is 6.99. The van der Waals surface area contributed by atoms with Gasteiger partial charge in [0.1, 0.15) is 0 Å². The van der Waals surface area contributed by atoms with Crippen molar-refractivity contribution in [3.8, 4) is 0 Å². The molecule has 1 N–H and O–H groups in total. The van der Waals surface area contributed by atoms with Crippen LogP contribution in [0.4, 0.5) is 0 Å². The molecule has 0 saturated heterocycles. The van der Waals surface area contributed by atoms with Crippen LogP contribution in [0, 0.1) is 23.2 Å². The van der Waals surface area contributed by atoms with Gasteiger partial charge in [-0.2, -0.15) is 0 Å². The fourth-order valence-corrected chi connectivity index (χ4v) is 1.90. The summed E-state index contributed by atoms with van der Waals surface area (Å²) in [6.45, 7) is 0. The smallest absolute Gasteiger partial charge is 0.00165 e. The lowest BCUT2D eigenvalue weighted by Gasteiger charge is -1.99. The number of nitrogens with one attached hydrogen (secondary N) is 1. The highest BCUT2D eigenvalue weighted by Crippen LogP contribution is 2.53. The first-order valence-electron chi connectivity index (χ1n) is 3.40. The van der Waals surface area contributed by atoms with E-state index in [9.17, 15) is 0 Å². The highest BCUT2D eigenvalue weighted by Gasteiger charge is 2.44. The van der Waals surface area contributed by atoms with Gasteiger partial charge in [-0.3, -0.25) is 0 Å². The first-order chi connectivity index (χ1) is 3.90. The Morgan fingerprint density at radius 1 is 1.12 bits per heavy atom. The Bertz CT molecular complexity index is 110. The monoisotopic (exact) mass is 109 g/mol. The summed E-state index contributed by atoms with van der Waals surface area (Å²) in [6.07, 6.45) is 5.76. The fraction of sp³-hybridized carbons (Fsp3) is 0.857. The van der Waals surface area contributed by atoms with E-state index in [2.05, 4.69) is 0 Å². The molecule has 2 unspecified atom stereocenters. The minimum atomic E-state index is 0.666. The summed E-state index contributed by atoms with van der Waals surface area (Å²) in [7, 11) is 0. The van der Waals surface area contributed by atoms with Gasteiger partial charge in [0.05, 0.1) is 0 Å². The second-order valence-corrected chi connectivity index (χ2v) is 3.15. The molecule has 2 fully saturated rings. The molecule has 0 spiro atoms. The van der Waals surface area contributed by atoms with Crippen molar-refractivity contribution in [2.75, 3.05) is 0 Å². The maximum Gasteiger partial charge on any atom is -0.00165 e. The molecule has 1 nitrogen and oxygen atoms in total. The Balaban J connectivity index is 1.98. The first kappa shape index (κ1) is 4.54. The van der Waals surface area contributed by atoms with Crippen LogP contribution in [-0.4, -0.2) is 6.21 Å². The maximum absolute atomic E-state index is 6.99. The van der Waals surface area contributed by atoms with Crippen molar-refractivity contribution in [1.82, 2.24) is 0 Å². The summed E-state index contributed by atoms with van der Waals surface area (Å²) in [6, 6.07) is 0. The Hall–Kier alpha value is -0.330. The van der Waals surface area contributed by atoms with E-state index in [1.54, 1.807) is 6.21 Å². The van der Waals surface area contributed by atoms with Crippen molar-refractivity contribution in [3.63, 3.8) is 0 Å². The molecule has 2 saturated carbocycles. The predicted octanol–water partition coefficient (Wildman–Crippen LogP) is 1.68. The zero-order valence-corrected chi connectivity index (χ0v) is 4.93. The molecule has 44 valence electrons. The highest BCUT2D eigenvalue weighted by atomic mass is 14.5. The van der Waals surface area contributed by atoms with Gasteiger partial charge in [0.2, 0.25) is 0 Å². The molecule has 0 bridgehead atoms. The summed E-state index contributed by atoms with van der Waals surface area (Å²) >= 11 is 0. The zero-order valence-electron chi connectivity index (χ0n) is 4.93. The van der Waals surface area contributed by atoms with Gasteiger partial charge in [0.15, 0.2) is 0 Å². The minimum Gasteiger partial charge on any atom is -0.313 e. The van der Waals surface area contributed by atoms with Gasteiger partial charge in [0, 0.05) is 0 Å². The number of fused-ring (bicyclic) bond motifs is 1. The largest absolute Gasteiger partial charge is 0.313 e. The molecule has 0 aromatic rings. The summed E-state index contributed by atoms with van der Waals surface area (Å²) in [5.74, 6) is 2.75. The Morgan fingerprint density at radius 2 is 1.75 bits per heavy atom. The molecule has 2 rings (SSSR count). The van der Waals surface area contributed by atoms with Crippen LogP contribution in [0.15, 0.2) is 0 Å². The van der Waals surface area contributed by atoms with Crippen LogP contribution in [0.3, 0.4) is 0 Å². The molecule has 0 heterocycles. The van der Waals surface area contributed by atoms with Gasteiger partial charge < -0.3 is 5.41 Å². The van der Waals surface area contributed by atoms with Crippen molar-refractivity contribution in [3.05, 3.63) is 0 Å². The molecule has 2 atom stereocenters. The van der Waals surface area contributed by atoms with Crippen molar-refractivity contribution < 1.29 is 0 Å². The second-order valence-electron chi connectivity index (χ2n) is 3.15. The van der Waals surface area contributed by atoms with Crippen LogP contribution >= 0.6 is 0 Å².